The van der Waals surface area contributed by atoms with Gasteiger partial charge in [0.2, 0.25) is 0 Å². The maximum Gasteiger partial charge on any atom is 0.153 e. The van der Waals surface area contributed by atoms with Gasteiger partial charge in [0.05, 0.1) is 23.1 Å². The minimum absolute atomic E-state index is 0.143. The van der Waals surface area contributed by atoms with Crippen LogP contribution in [0.25, 0.3) is 22.1 Å². The van der Waals surface area contributed by atoms with Crippen LogP contribution >= 0.6 is 0 Å². The lowest BCUT2D eigenvalue weighted by Crippen LogP contribution is -2.27. The van der Waals surface area contributed by atoms with Crippen LogP contribution in [0.3, 0.4) is 0 Å². The summed E-state index contributed by atoms with van der Waals surface area (Å²) in [6, 6.07) is 10.2. The molecule has 0 aliphatic heterocycles. The van der Waals surface area contributed by atoms with Crippen LogP contribution in [0.4, 0.5) is 4.39 Å². The molecule has 0 aliphatic carbocycles. The lowest BCUT2D eigenvalue weighted by Gasteiger charge is -2.24. The normalized spacial score (nSPS) is 14.4. The Labute approximate surface area is 161 Å². The number of hydrogen-bond acceptors (Lipinski definition) is 5. The highest BCUT2D eigenvalue weighted by Crippen LogP contribution is 2.33. The molecule has 0 amide bonds. The van der Waals surface area contributed by atoms with Gasteiger partial charge < -0.3 is 10.4 Å². The molecule has 3 heterocycles. The first-order valence-corrected chi connectivity index (χ1v) is 8.88. The zero-order valence-corrected chi connectivity index (χ0v) is 15.8. The number of halogens is 1. The minimum atomic E-state index is -1.64. The lowest BCUT2D eigenvalue weighted by molar-refractivity contribution is 0.0913. The molecule has 0 spiro atoms. The molecule has 7 heteroatoms. The minimum Gasteiger partial charge on any atom is -0.394 e. The third-order valence-electron chi connectivity index (χ3n) is 4.84. The summed E-state index contributed by atoms with van der Waals surface area (Å²) in [6.45, 7) is 3.47. The summed E-state index contributed by atoms with van der Waals surface area (Å²) in [5.41, 5.74) is 1.63. The third kappa shape index (κ3) is 2.90. The van der Waals surface area contributed by atoms with Gasteiger partial charge in [-0.1, -0.05) is 6.07 Å². The number of fused-ring (bicyclic) bond motifs is 2. The van der Waals surface area contributed by atoms with E-state index in [9.17, 15) is 9.50 Å². The second-order valence-electron chi connectivity index (χ2n) is 6.85. The first kappa shape index (κ1) is 18.1. The zero-order valence-electron chi connectivity index (χ0n) is 15.8. The van der Waals surface area contributed by atoms with Gasteiger partial charge in [0.25, 0.3) is 0 Å². The van der Waals surface area contributed by atoms with Crippen LogP contribution < -0.4 is 5.32 Å². The maximum atomic E-state index is 14.8. The van der Waals surface area contributed by atoms with Gasteiger partial charge in [-0.25, -0.2) is 13.9 Å². The SMILES string of the molecule is CNC=C(C)c1ccc2ncc(C(C)(O)c3cc4cccnc4cc3F)n2n1. The number of aromatic nitrogens is 4. The van der Waals surface area contributed by atoms with Gasteiger partial charge in [0, 0.05) is 36.5 Å². The van der Waals surface area contributed by atoms with Crippen LogP contribution in [-0.4, -0.2) is 31.7 Å². The molecular formula is C21H20FN5O. The Bertz CT molecular complexity index is 1210. The van der Waals surface area contributed by atoms with Gasteiger partial charge in [-0.05, 0) is 43.7 Å². The van der Waals surface area contributed by atoms with Crippen molar-refractivity contribution in [1.82, 2.24) is 24.9 Å². The zero-order chi connectivity index (χ0) is 19.9. The van der Waals surface area contributed by atoms with E-state index in [1.165, 1.54) is 12.3 Å². The van der Waals surface area contributed by atoms with Gasteiger partial charge in [0.15, 0.2) is 5.65 Å². The van der Waals surface area contributed by atoms with E-state index in [0.29, 0.717) is 16.9 Å². The van der Waals surface area contributed by atoms with Crippen LogP contribution in [-0.2, 0) is 5.60 Å². The summed E-state index contributed by atoms with van der Waals surface area (Å²) in [5.74, 6) is -0.534. The first-order valence-electron chi connectivity index (χ1n) is 8.88. The molecule has 0 radical (unpaired) electrons. The Morgan fingerprint density at radius 2 is 2.07 bits per heavy atom. The average Bonchev–Trinajstić information content (AvgIpc) is 3.11. The standard InChI is InChI=1S/C21H20FN5O/c1-13(11-23-3)17-6-7-20-25-12-19(27(20)26-17)21(2,28)15-9-14-5-4-8-24-18(14)10-16(15)22/h4-12,23,28H,1-3H3. The molecule has 142 valence electrons. The Kier molecular flexibility index (Phi) is 4.31. The van der Waals surface area contributed by atoms with E-state index in [0.717, 1.165) is 16.7 Å². The number of rotatable bonds is 4. The van der Waals surface area contributed by atoms with Crippen molar-refractivity contribution in [2.24, 2.45) is 0 Å². The maximum absolute atomic E-state index is 14.8. The number of allylic oxidation sites excluding steroid dienone is 1. The van der Waals surface area contributed by atoms with E-state index in [-0.39, 0.29) is 5.56 Å². The van der Waals surface area contributed by atoms with Gasteiger partial charge >= 0.3 is 0 Å². The fraction of sp³-hybridized carbons (Fsp3) is 0.190. The summed E-state index contributed by atoms with van der Waals surface area (Å²) in [7, 11) is 1.81. The van der Waals surface area contributed by atoms with E-state index < -0.39 is 11.4 Å². The molecular weight excluding hydrogens is 357 g/mol. The average molecular weight is 377 g/mol. The molecule has 0 bridgehead atoms. The number of nitrogens with one attached hydrogen (secondary N) is 1. The highest BCUT2D eigenvalue weighted by molar-refractivity contribution is 5.79. The molecule has 3 aromatic heterocycles. The fourth-order valence-corrected chi connectivity index (χ4v) is 3.31. The second kappa shape index (κ2) is 6.69. The number of pyridine rings is 1. The summed E-state index contributed by atoms with van der Waals surface area (Å²) in [5, 5.41) is 19.6. The number of aliphatic hydroxyl groups is 1. The van der Waals surface area contributed by atoms with Crippen molar-refractivity contribution >= 4 is 22.1 Å². The number of nitrogens with zero attached hydrogens (tertiary/aromatic N) is 4. The molecule has 28 heavy (non-hydrogen) atoms. The lowest BCUT2D eigenvalue weighted by atomic mass is 9.91. The van der Waals surface area contributed by atoms with Crippen molar-refractivity contribution < 1.29 is 9.50 Å². The van der Waals surface area contributed by atoms with Crippen molar-refractivity contribution in [1.29, 1.82) is 0 Å². The summed E-state index contributed by atoms with van der Waals surface area (Å²) < 4.78 is 16.4. The highest BCUT2D eigenvalue weighted by Gasteiger charge is 2.33. The molecule has 1 unspecified atom stereocenters. The van der Waals surface area contributed by atoms with Crippen molar-refractivity contribution in [2.75, 3.05) is 7.05 Å². The first-order chi connectivity index (χ1) is 13.4. The van der Waals surface area contributed by atoms with Crippen molar-refractivity contribution in [3.63, 3.8) is 0 Å². The molecule has 0 saturated heterocycles. The van der Waals surface area contributed by atoms with Crippen LogP contribution in [0.2, 0.25) is 0 Å². The molecule has 4 rings (SSSR count). The predicted molar refractivity (Wildman–Crippen MR) is 106 cm³/mol. The van der Waals surface area contributed by atoms with E-state index in [1.54, 1.807) is 29.8 Å². The smallest absolute Gasteiger partial charge is 0.153 e. The summed E-state index contributed by atoms with van der Waals surface area (Å²) in [6.07, 6.45) is 4.96. The van der Waals surface area contributed by atoms with Crippen LogP contribution in [0.15, 0.2) is 55.0 Å². The molecule has 0 aliphatic rings. The van der Waals surface area contributed by atoms with E-state index in [1.807, 2.05) is 38.4 Å². The molecule has 0 saturated carbocycles. The molecule has 4 aromatic rings. The van der Waals surface area contributed by atoms with E-state index >= 15 is 0 Å². The number of imidazole rings is 1. The predicted octanol–water partition coefficient (Wildman–Crippen LogP) is 3.25. The monoisotopic (exact) mass is 377 g/mol. The molecule has 1 atom stereocenters. The Morgan fingerprint density at radius 3 is 2.86 bits per heavy atom. The quantitative estimate of drug-likeness (QED) is 0.571. The Balaban J connectivity index is 1.90. The fourth-order valence-electron chi connectivity index (χ4n) is 3.31. The highest BCUT2D eigenvalue weighted by atomic mass is 19.1. The Hall–Kier alpha value is -3.32. The van der Waals surface area contributed by atoms with Crippen LogP contribution in [0, 0.1) is 5.82 Å². The van der Waals surface area contributed by atoms with Gasteiger partial charge in [-0.3, -0.25) is 4.98 Å². The van der Waals surface area contributed by atoms with Crippen LogP contribution in [0.1, 0.15) is 30.8 Å². The third-order valence-corrected chi connectivity index (χ3v) is 4.84. The molecule has 6 nitrogen and oxygen atoms in total. The summed E-state index contributed by atoms with van der Waals surface area (Å²) >= 11 is 0. The molecule has 1 aromatic carbocycles. The summed E-state index contributed by atoms with van der Waals surface area (Å²) in [4.78, 5) is 8.48. The van der Waals surface area contributed by atoms with Crippen molar-refractivity contribution in [3.8, 4) is 0 Å². The number of hydrogen-bond donors (Lipinski definition) is 2. The van der Waals surface area contributed by atoms with Crippen molar-refractivity contribution in [3.05, 3.63) is 77.8 Å². The van der Waals surface area contributed by atoms with Crippen molar-refractivity contribution in [2.45, 2.75) is 19.4 Å². The molecule has 0 fully saturated rings. The van der Waals surface area contributed by atoms with E-state index in [4.69, 9.17) is 0 Å². The van der Waals surface area contributed by atoms with E-state index in [2.05, 4.69) is 20.4 Å². The second-order valence-corrected chi connectivity index (χ2v) is 6.85. The number of benzene rings is 1. The van der Waals surface area contributed by atoms with Crippen LogP contribution in [0.5, 0.6) is 0 Å². The van der Waals surface area contributed by atoms with Gasteiger partial charge in [0.1, 0.15) is 11.4 Å². The molecule has 2 N–H and O–H groups in total. The topological polar surface area (TPSA) is 75.3 Å². The Morgan fingerprint density at radius 1 is 1.25 bits per heavy atom. The largest absolute Gasteiger partial charge is 0.394 e. The van der Waals surface area contributed by atoms with Gasteiger partial charge in [-0.2, -0.15) is 5.10 Å². The van der Waals surface area contributed by atoms with Gasteiger partial charge in [-0.15, -0.1) is 0 Å².